The standard InChI is InChI=1S/C22H21N3O3/c1-27-20-10-8-16(13-21(20)28-2)24-17-7-9-18(23-14-17)22(26)25-12-11-15-5-3-4-6-19(15)25/h3-10,13-14,24H,11-12H2,1-2H3. The Morgan fingerprint density at radius 3 is 2.54 bits per heavy atom. The van der Waals surface area contributed by atoms with Crippen LogP contribution in [0.4, 0.5) is 17.1 Å². The molecule has 0 saturated carbocycles. The zero-order valence-electron chi connectivity index (χ0n) is 15.8. The molecule has 0 aliphatic carbocycles. The van der Waals surface area contributed by atoms with E-state index in [1.807, 2.05) is 42.5 Å². The van der Waals surface area contributed by atoms with Crippen LogP contribution < -0.4 is 19.7 Å². The summed E-state index contributed by atoms with van der Waals surface area (Å²) in [7, 11) is 3.20. The van der Waals surface area contributed by atoms with E-state index in [-0.39, 0.29) is 5.91 Å². The van der Waals surface area contributed by atoms with Gasteiger partial charge in [0.1, 0.15) is 5.69 Å². The van der Waals surface area contributed by atoms with E-state index in [1.54, 1.807) is 31.4 Å². The molecular formula is C22H21N3O3. The van der Waals surface area contributed by atoms with Gasteiger partial charge in [0.15, 0.2) is 11.5 Å². The molecule has 2 aromatic carbocycles. The van der Waals surface area contributed by atoms with Crippen molar-refractivity contribution in [3.8, 4) is 11.5 Å². The van der Waals surface area contributed by atoms with E-state index in [0.717, 1.165) is 23.5 Å². The molecule has 0 atom stereocenters. The summed E-state index contributed by atoms with van der Waals surface area (Å²) >= 11 is 0. The first kappa shape index (κ1) is 17.9. The van der Waals surface area contributed by atoms with Crippen LogP contribution in [0.3, 0.4) is 0 Å². The van der Waals surface area contributed by atoms with Crippen molar-refractivity contribution in [2.45, 2.75) is 6.42 Å². The van der Waals surface area contributed by atoms with Crippen LogP contribution in [0.25, 0.3) is 0 Å². The van der Waals surface area contributed by atoms with Gasteiger partial charge < -0.3 is 19.7 Å². The lowest BCUT2D eigenvalue weighted by molar-refractivity contribution is 0.0984. The first-order chi connectivity index (χ1) is 13.7. The second-order valence-corrected chi connectivity index (χ2v) is 6.46. The predicted octanol–water partition coefficient (Wildman–Crippen LogP) is 4.05. The lowest BCUT2D eigenvalue weighted by Gasteiger charge is -2.17. The van der Waals surface area contributed by atoms with Gasteiger partial charge >= 0.3 is 0 Å². The van der Waals surface area contributed by atoms with Crippen molar-refractivity contribution in [2.24, 2.45) is 0 Å². The van der Waals surface area contributed by atoms with Gasteiger partial charge in [0.25, 0.3) is 5.91 Å². The van der Waals surface area contributed by atoms with Gasteiger partial charge in [-0.1, -0.05) is 18.2 Å². The molecule has 1 aromatic heterocycles. The number of nitrogens with one attached hydrogen (secondary N) is 1. The second-order valence-electron chi connectivity index (χ2n) is 6.46. The second kappa shape index (κ2) is 7.60. The highest BCUT2D eigenvalue weighted by Crippen LogP contribution is 2.31. The quantitative estimate of drug-likeness (QED) is 0.729. The van der Waals surface area contributed by atoms with Crippen molar-refractivity contribution in [1.82, 2.24) is 4.98 Å². The minimum Gasteiger partial charge on any atom is -0.493 e. The average Bonchev–Trinajstić information content (AvgIpc) is 3.18. The molecule has 2 heterocycles. The van der Waals surface area contributed by atoms with E-state index >= 15 is 0 Å². The molecule has 6 nitrogen and oxygen atoms in total. The fourth-order valence-corrected chi connectivity index (χ4v) is 3.36. The maximum atomic E-state index is 12.8. The first-order valence-electron chi connectivity index (χ1n) is 9.04. The summed E-state index contributed by atoms with van der Waals surface area (Å²) in [6.45, 7) is 0.686. The molecule has 0 fully saturated rings. The summed E-state index contributed by atoms with van der Waals surface area (Å²) < 4.78 is 10.6. The zero-order valence-corrected chi connectivity index (χ0v) is 15.8. The molecule has 0 bridgehead atoms. The van der Waals surface area contributed by atoms with Crippen LogP contribution in [0.2, 0.25) is 0 Å². The minimum atomic E-state index is -0.0809. The third kappa shape index (κ3) is 3.36. The van der Waals surface area contributed by atoms with E-state index in [4.69, 9.17) is 9.47 Å². The van der Waals surface area contributed by atoms with Crippen LogP contribution in [0, 0.1) is 0 Å². The van der Waals surface area contributed by atoms with Crippen molar-refractivity contribution in [3.05, 3.63) is 72.1 Å². The predicted molar refractivity (Wildman–Crippen MR) is 109 cm³/mol. The monoisotopic (exact) mass is 375 g/mol. The molecule has 0 spiro atoms. The van der Waals surface area contributed by atoms with Crippen LogP contribution in [-0.4, -0.2) is 31.7 Å². The number of methoxy groups -OCH3 is 2. The third-order valence-electron chi connectivity index (χ3n) is 4.79. The van der Waals surface area contributed by atoms with Crippen LogP contribution in [-0.2, 0) is 6.42 Å². The van der Waals surface area contributed by atoms with E-state index in [2.05, 4.69) is 16.4 Å². The molecule has 1 aliphatic rings. The van der Waals surface area contributed by atoms with Crippen molar-refractivity contribution in [1.29, 1.82) is 0 Å². The number of hydrogen-bond donors (Lipinski definition) is 1. The Hall–Kier alpha value is -3.54. The molecule has 0 saturated heterocycles. The Labute approximate surface area is 163 Å². The van der Waals surface area contributed by atoms with Gasteiger partial charge in [0.2, 0.25) is 0 Å². The van der Waals surface area contributed by atoms with Crippen molar-refractivity contribution >= 4 is 23.0 Å². The summed E-state index contributed by atoms with van der Waals surface area (Å²) in [6.07, 6.45) is 2.53. The largest absolute Gasteiger partial charge is 0.493 e. The summed E-state index contributed by atoms with van der Waals surface area (Å²) in [4.78, 5) is 19.0. The maximum absolute atomic E-state index is 12.8. The Balaban J connectivity index is 1.49. The van der Waals surface area contributed by atoms with Gasteiger partial charge in [-0.05, 0) is 42.3 Å². The maximum Gasteiger partial charge on any atom is 0.276 e. The summed E-state index contributed by atoms with van der Waals surface area (Å²) in [5.74, 6) is 1.22. The number of carbonyl (C=O) groups is 1. The number of aromatic nitrogens is 1. The normalized spacial score (nSPS) is 12.4. The first-order valence-corrected chi connectivity index (χ1v) is 9.04. The Bertz CT molecular complexity index is 1000. The minimum absolute atomic E-state index is 0.0809. The topological polar surface area (TPSA) is 63.7 Å². The number of para-hydroxylation sites is 1. The van der Waals surface area contributed by atoms with Crippen LogP contribution in [0.1, 0.15) is 16.1 Å². The molecule has 4 rings (SSSR count). The Morgan fingerprint density at radius 2 is 1.79 bits per heavy atom. The molecule has 1 aliphatic heterocycles. The highest BCUT2D eigenvalue weighted by molar-refractivity contribution is 6.06. The van der Waals surface area contributed by atoms with Gasteiger partial charge in [-0.3, -0.25) is 4.79 Å². The lowest BCUT2D eigenvalue weighted by Crippen LogP contribution is -2.29. The van der Waals surface area contributed by atoms with Crippen molar-refractivity contribution < 1.29 is 14.3 Å². The van der Waals surface area contributed by atoms with Crippen LogP contribution in [0.5, 0.6) is 11.5 Å². The van der Waals surface area contributed by atoms with Crippen molar-refractivity contribution in [3.63, 3.8) is 0 Å². The smallest absolute Gasteiger partial charge is 0.276 e. The third-order valence-corrected chi connectivity index (χ3v) is 4.79. The number of ether oxygens (including phenoxy) is 2. The number of hydrogen-bond acceptors (Lipinski definition) is 5. The highest BCUT2D eigenvalue weighted by atomic mass is 16.5. The molecule has 0 radical (unpaired) electrons. The number of benzene rings is 2. The number of amides is 1. The van der Waals surface area contributed by atoms with Gasteiger partial charge in [-0.15, -0.1) is 0 Å². The van der Waals surface area contributed by atoms with Gasteiger partial charge in [0, 0.05) is 24.0 Å². The Kier molecular flexibility index (Phi) is 4.85. The highest BCUT2D eigenvalue weighted by Gasteiger charge is 2.25. The van der Waals surface area contributed by atoms with E-state index in [9.17, 15) is 4.79 Å². The molecular weight excluding hydrogens is 354 g/mol. The summed E-state index contributed by atoms with van der Waals surface area (Å²) in [6, 6.07) is 17.1. The van der Waals surface area contributed by atoms with Gasteiger partial charge in [-0.2, -0.15) is 0 Å². The number of rotatable bonds is 5. The number of nitrogens with zero attached hydrogens (tertiary/aromatic N) is 2. The van der Waals surface area contributed by atoms with E-state index in [0.29, 0.717) is 23.7 Å². The van der Waals surface area contributed by atoms with E-state index in [1.165, 1.54) is 5.56 Å². The fraction of sp³-hybridized carbons (Fsp3) is 0.182. The number of carbonyl (C=O) groups excluding carboxylic acids is 1. The summed E-state index contributed by atoms with van der Waals surface area (Å²) in [5, 5.41) is 3.26. The van der Waals surface area contributed by atoms with Crippen molar-refractivity contribution in [2.75, 3.05) is 31.0 Å². The molecule has 1 N–H and O–H groups in total. The average molecular weight is 375 g/mol. The molecule has 3 aromatic rings. The number of fused-ring (bicyclic) bond motifs is 1. The van der Waals surface area contributed by atoms with E-state index < -0.39 is 0 Å². The lowest BCUT2D eigenvalue weighted by atomic mass is 10.2. The summed E-state index contributed by atoms with van der Waals surface area (Å²) in [5.41, 5.74) is 4.22. The molecule has 142 valence electrons. The van der Waals surface area contributed by atoms with Crippen LogP contribution >= 0.6 is 0 Å². The molecule has 28 heavy (non-hydrogen) atoms. The zero-order chi connectivity index (χ0) is 19.5. The van der Waals surface area contributed by atoms with Gasteiger partial charge in [-0.25, -0.2) is 4.98 Å². The SMILES string of the molecule is COc1ccc(Nc2ccc(C(=O)N3CCc4ccccc43)nc2)cc1OC. The molecule has 1 amide bonds. The Morgan fingerprint density at radius 1 is 1.00 bits per heavy atom. The number of anilines is 3. The van der Waals surface area contributed by atoms with Crippen LogP contribution in [0.15, 0.2) is 60.8 Å². The number of pyridine rings is 1. The molecule has 6 heteroatoms. The molecule has 0 unspecified atom stereocenters. The fourth-order valence-electron chi connectivity index (χ4n) is 3.36. The van der Waals surface area contributed by atoms with Gasteiger partial charge in [0.05, 0.1) is 26.1 Å².